The third-order valence-corrected chi connectivity index (χ3v) is 7.47. The Morgan fingerprint density at radius 1 is 0.750 bits per heavy atom. The largest absolute Gasteiger partial charge is 0.508 e. The molecule has 1 aliphatic rings. The summed E-state index contributed by atoms with van der Waals surface area (Å²) < 4.78 is 39.8. The quantitative estimate of drug-likeness (QED) is 0.104. The van der Waals surface area contributed by atoms with Gasteiger partial charge in [0.1, 0.15) is 46.7 Å². The topological polar surface area (TPSA) is 235 Å². The second-order valence-electron chi connectivity index (χ2n) is 11.4. The third-order valence-electron chi connectivity index (χ3n) is 7.47. The molecule has 2 heterocycles. The van der Waals surface area contributed by atoms with E-state index in [0.29, 0.717) is 5.56 Å². The maximum absolute atomic E-state index is 14.0. The summed E-state index contributed by atoms with van der Waals surface area (Å²) in [5.41, 5.74) is -0.527. The summed E-state index contributed by atoms with van der Waals surface area (Å²) in [4.78, 5) is 63.7. The van der Waals surface area contributed by atoms with E-state index in [2.05, 4.69) is 0 Å². The van der Waals surface area contributed by atoms with Crippen molar-refractivity contribution in [3.63, 3.8) is 0 Å². The van der Waals surface area contributed by atoms with Gasteiger partial charge in [-0.25, -0.2) is 4.79 Å². The van der Waals surface area contributed by atoms with E-state index in [1.54, 1.807) is 12.1 Å². The maximum Gasteiger partial charge on any atom is 0.330 e. The molecule has 4 aromatic rings. The van der Waals surface area contributed by atoms with Crippen molar-refractivity contribution in [3.05, 3.63) is 82.5 Å². The number of carbonyl (C=O) groups is 4. The van der Waals surface area contributed by atoms with Gasteiger partial charge < -0.3 is 53.3 Å². The predicted molar refractivity (Wildman–Crippen MR) is 177 cm³/mol. The molecule has 1 saturated heterocycles. The number of esters is 4. The molecule has 0 amide bonds. The molecule has 1 aliphatic heterocycles. The first-order valence-electron chi connectivity index (χ1n) is 15.5. The fourth-order valence-electron chi connectivity index (χ4n) is 5.34. The van der Waals surface area contributed by atoms with Crippen LogP contribution >= 0.6 is 0 Å². The average Bonchev–Trinajstić information content (AvgIpc) is 3.06. The minimum Gasteiger partial charge on any atom is -0.508 e. The van der Waals surface area contributed by atoms with Crippen molar-refractivity contribution in [3.8, 4) is 40.1 Å². The van der Waals surface area contributed by atoms with Crippen LogP contribution in [-0.2, 0) is 42.9 Å². The molecule has 5 atom stereocenters. The van der Waals surface area contributed by atoms with E-state index in [4.69, 9.17) is 32.8 Å². The van der Waals surface area contributed by atoms with Crippen LogP contribution in [0.1, 0.15) is 26.3 Å². The Kier molecular flexibility index (Phi) is 11.0. The number of benzene rings is 3. The maximum atomic E-state index is 14.0. The monoisotopic (exact) mass is 720 g/mol. The van der Waals surface area contributed by atoms with Crippen molar-refractivity contribution >= 4 is 40.9 Å². The summed E-state index contributed by atoms with van der Waals surface area (Å²) >= 11 is 0. The first kappa shape index (κ1) is 36.7. The number of phenols is 4. The Hall–Kier alpha value is -6.55. The van der Waals surface area contributed by atoms with Crippen LogP contribution in [0.4, 0.5) is 0 Å². The molecule has 1 aromatic heterocycles. The van der Waals surface area contributed by atoms with Crippen molar-refractivity contribution < 1.29 is 72.4 Å². The van der Waals surface area contributed by atoms with Crippen LogP contribution < -0.4 is 10.2 Å². The summed E-state index contributed by atoms with van der Waals surface area (Å²) in [7, 11) is 0. The normalized spacial score (nSPS) is 19.9. The van der Waals surface area contributed by atoms with Crippen LogP contribution in [0.5, 0.6) is 28.7 Å². The van der Waals surface area contributed by atoms with Crippen molar-refractivity contribution in [2.24, 2.45) is 0 Å². The van der Waals surface area contributed by atoms with Crippen LogP contribution in [0.25, 0.3) is 28.4 Å². The highest BCUT2D eigenvalue weighted by atomic mass is 16.7. The molecule has 0 unspecified atom stereocenters. The van der Waals surface area contributed by atoms with Gasteiger partial charge in [0, 0.05) is 44.5 Å². The summed E-state index contributed by atoms with van der Waals surface area (Å²) in [6.07, 6.45) is -5.83. The van der Waals surface area contributed by atoms with Gasteiger partial charge in [-0.1, -0.05) is 12.1 Å². The lowest BCUT2D eigenvalue weighted by Crippen LogP contribution is -2.63. The van der Waals surface area contributed by atoms with Gasteiger partial charge >= 0.3 is 23.9 Å². The highest BCUT2D eigenvalue weighted by Crippen LogP contribution is 2.38. The number of carbonyl (C=O) groups excluding carboxylic acids is 4. The zero-order valence-corrected chi connectivity index (χ0v) is 27.7. The predicted octanol–water partition coefficient (Wildman–Crippen LogP) is 3.44. The third kappa shape index (κ3) is 8.59. The van der Waals surface area contributed by atoms with Crippen molar-refractivity contribution in [1.29, 1.82) is 0 Å². The van der Waals surface area contributed by atoms with Crippen LogP contribution in [0.3, 0.4) is 0 Å². The minimum absolute atomic E-state index is 0.0181. The number of hydrogen-bond donors (Lipinski definition) is 4. The van der Waals surface area contributed by atoms with E-state index in [0.717, 1.165) is 39.0 Å². The molecule has 4 N–H and O–H groups in total. The molecule has 0 aliphatic carbocycles. The Morgan fingerprint density at radius 3 is 1.94 bits per heavy atom. The molecule has 272 valence electrons. The number of aromatic hydroxyl groups is 4. The smallest absolute Gasteiger partial charge is 0.330 e. The first-order chi connectivity index (χ1) is 24.7. The van der Waals surface area contributed by atoms with Crippen molar-refractivity contribution in [2.75, 3.05) is 6.61 Å². The molecule has 16 nitrogen and oxygen atoms in total. The summed E-state index contributed by atoms with van der Waals surface area (Å²) in [6.45, 7) is 2.45. The Morgan fingerprint density at radius 2 is 1.33 bits per heavy atom. The molecule has 52 heavy (non-hydrogen) atoms. The molecule has 0 spiro atoms. The SMILES string of the molecule is CC(=O)O[C@@H]1[C@@H](OC(C)=O)[C@H](Oc2c(-c3ccc(O)cc3)oc3cc(O)cc(O)c3c2=O)O[C@H](COC(=O)/C=C/c2ccc(O)cc2)[C@H]1OC(C)=O. The van der Waals surface area contributed by atoms with Crippen LogP contribution in [0, 0.1) is 0 Å². The summed E-state index contributed by atoms with van der Waals surface area (Å²) in [5, 5.41) is 39.6. The lowest BCUT2D eigenvalue weighted by Gasteiger charge is -2.43. The number of fused-ring (bicyclic) bond motifs is 1. The zero-order chi connectivity index (χ0) is 37.7. The molecule has 0 bridgehead atoms. The Balaban J connectivity index is 1.58. The average molecular weight is 721 g/mol. The van der Waals surface area contributed by atoms with E-state index >= 15 is 0 Å². The first-order valence-corrected chi connectivity index (χ1v) is 15.5. The molecule has 3 aromatic carbocycles. The van der Waals surface area contributed by atoms with Crippen LogP contribution in [0.2, 0.25) is 0 Å². The molecule has 1 fully saturated rings. The number of hydrogen-bond acceptors (Lipinski definition) is 16. The number of ether oxygens (including phenoxy) is 6. The van der Waals surface area contributed by atoms with E-state index in [1.165, 1.54) is 42.5 Å². The lowest BCUT2D eigenvalue weighted by atomic mass is 9.98. The van der Waals surface area contributed by atoms with Crippen molar-refractivity contribution in [1.82, 2.24) is 0 Å². The number of phenolic OH excluding ortho intramolecular Hbond substituents is 4. The molecule has 5 rings (SSSR count). The zero-order valence-electron chi connectivity index (χ0n) is 27.7. The minimum atomic E-state index is -1.87. The van der Waals surface area contributed by atoms with E-state index in [-0.39, 0.29) is 28.4 Å². The fraction of sp³-hybridized carbons (Fsp3) is 0.250. The molecule has 0 saturated carbocycles. The lowest BCUT2D eigenvalue weighted by molar-refractivity contribution is -0.288. The molecular formula is C36H32O16. The fourth-order valence-corrected chi connectivity index (χ4v) is 5.34. The van der Waals surface area contributed by atoms with Gasteiger partial charge in [0.25, 0.3) is 0 Å². The van der Waals surface area contributed by atoms with Gasteiger partial charge in [0.2, 0.25) is 23.6 Å². The van der Waals surface area contributed by atoms with E-state index in [9.17, 15) is 44.4 Å². The van der Waals surface area contributed by atoms with E-state index in [1.807, 2.05) is 0 Å². The highest BCUT2D eigenvalue weighted by molar-refractivity contribution is 5.88. The van der Waals surface area contributed by atoms with Crippen LogP contribution in [0.15, 0.2) is 76.0 Å². The van der Waals surface area contributed by atoms with Gasteiger partial charge in [-0.05, 0) is 48.0 Å². The van der Waals surface area contributed by atoms with Crippen LogP contribution in [-0.4, -0.2) is 81.6 Å². The Labute approximate surface area is 293 Å². The van der Waals surface area contributed by atoms with Crippen molar-refractivity contribution in [2.45, 2.75) is 51.5 Å². The van der Waals surface area contributed by atoms with Gasteiger partial charge in [0.05, 0.1) is 0 Å². The summed E-state index contributed by atoms with van der Waals surface area (Å²) in [6, 6.07) is 13.2. The van der Waals surface area contributed by atoms with Gasteiger partial charge in [-0.3, -0.25) is 19.2 Å². The second kappa shape index (κ2) is 15.6. The molecule has 16 heteroatoms. The van der Waals surface area contributed by atoms with Gasteiger partial charge in [-0.2, -0.15) is 0 Å². The molecule has 0 radical (unpaired) electrons. The van der Waals surface area contributed by atoms with Gasteiger partial charge in [-0.15, -0.1) is 0 Å². The molecular weight excluding hydrogens is 688 g/mol. The van der Waals surface area contributed by atoms with E-state index < -0.39 is 89.3 Å². The Bertz CT molecular complexity index is 2070. The number of rotatable bonds is 10. The second-order valence-corrected chi connectivity index (χ2v) is 11.4. The summed E-state index contributed by atoms with van der Waals surface area (Å²) in [5.74, 6) is -5.73. The highest BCUT2D eigenvalue weighted by Gasteiger charge is 2.54. The van der Waals surface area contributed by atoms with Gasteiger partial charge in [0.15, 0.2) is 18.0 Å². The standard InChI is InChI=1S/C36H32O16/c1-17(37)47-32-27(16-46-28(44)13-6-20-4-9-22(40)10-5-20)51-36(35(49-19(3)39)34(32)48-18(2)38)52-33-30(45)29-25(43)14-24(42)15-26(29)50-31(33)21-7-11-23(41)12-8-21/h4-15,27,32,34-36,40-43H,16H2,1-3H3/b13-6+/t27-,32-,34+,35-,36+/m1/s1.